The molecular formula is C35H35N5O5. The first-order valence-electron chi connectivity index (χ1n) is 15.4. The molecule has 4 heterocycles. The molecule has 10 heteroatoms. The van der Waals surface area contributed by atoms with Crippen molar-refractivity contribution in [1.29, 1.82) is 0 Å². The molecule has 7 rings (SSSR count). The number of rotatable bonds is 5. The van der Waals surface area contributed by atoms with Gasteiger partial charge in [-0.1, -0.05) is 60.7 Å². The van der Waals surface area contributed by atoms with E-state index in [1.54, 1.807) is 11.0 Å². The van der Waals surface area contributed by atoms with Gasteiger partial charge in [0.2, 0.25) is 5.91 Å². The van der Waals surface area contributed by atoms with Crippen LogP contribution >= 0.6 is 0 Å². The maximum Gasteiger partial charge on any atom is 0.407 e. The molecule has 0 unspecified atom stereocenters. The van der Waals surface area contributed by atoms with E-state index < -0.39 is 11.7 Å². The second-order valence-corrected chi connectivity index (χ2v) is 12.3. The SMILES string of the molecule is O=C(O)N1CC[C@@H](C(=O)N2CCC(O)(Cn3cnc4c(ccn4-c4ccc5ccccc5c4)c3=O)CC2)[C@H](c2ccccc2)C1. The van der Waals surface area contributed by atoms with E-state index in [1.165, 1.54) is 15.8 Å². The highest BCUT2D eigenvalue weighted by Crippen LogP contribution is 2.35. The van der Waals surface area contributed by atoms with Gasteiger partial charge in [-0.05, 0) is 53.8 Å². The van der Waals surface area contributed by atoms with Crippen molar-refractivity contribution in [3.8, 4) is 5.69 Å². The molecule has 2 fully saturated rings. The van der Waals surface area contributed by atoms with Crippen LogP contribution in [0.15, 0.2) is 96.2 Å². The number of likely N-dealkylation sites (tertiary alicyclic amines) is 2. The van der Waals surface area contributed by atoms with E-state index in [2.05, 4.69) is 17.1 Å². The normalized spacial score (nSPS) is 20.0. The molecule has 45 heavy (non-hydrogen) atoms. The highest BCUT2D eigenvalue weighted by Gasteiger charge is 2.41. The Labute approximate surface area is 259 Å². The summed E-state index contributed by atoms with van der Waals surface area (Å²) in [6.45, 7) is 1.39. The van der Waals surface area contributed by atoms with E-state index in [-0.39, 0.29) is 36.4 Å². The Morgan fingerprint density at radius 2 is 1.62 bits per heavy atom. The van der Waals surface area contributed by atoms with Crippen LogP contribution < -0.4 is 5.56 Å². The molecule has 0 aliphatic carbocycles. The average molecular weight is 606 g/mol. The summed E-state index contributed by atoms with van der Waals surface area (Å²) in [7, 11) is 0. The number of fused-ring (bicyclic) bond motifs is 2. The molecule has 2 amide bonds. The number of piperidine rings is 2. The molecule has 2 aliphatic heterocycles. The van der Waals surface area contributed by atoms with Crippen molar-refractivity contribution in [3.05, 3.63) is 107 Å². The minimum Gasteiger partial charge on any atom is -0.465 e. The molecule has 0 radical (unpaired) electrons. The number of aliphatic hydroxyl groups is 1. The lowest BCUT2D eigenvalue weighted by Gasteiger charge is -2.42. The lowest BCUT2D eigenvalue weighted by atomic mass is 9.79. The van der Waals surface area contributed by atoms with Crippen molar-refractivity contribution in [1.82, 2.24) is 23.9 Å². The van der Waals surface area contributed by atoms with Crippen molar-refractivity contribution >= 4 is 33.8 Å². The van der Waals surface area contributed by atoms with Crippen LogP contribution in [0.2, 0.25) is 0 Å². The number of hydrogen-bond donors (Lipinski definition) is 2. The molecule has 2 aliphatic rings. The number of nitrogens with zero attached hydrogens (tertiary/aromatic N) is 5. The Kier molecular flexibility index (Phi) is 7.37. The van der Waals surface area contributed by atoms with Crippen molar-refractivity contribution in [3.63, 3.8) is 0 Å². The number of aromatic nitrogens is 3. The number of carbonyl (C=O) groups excluding carboxylic acids is 1. The van der Waals surface area contributed by atoms with E-state index in [1.807, 2.05) is 71.4 Å². The third-order valence-corrected chi connectivity index (χ3v) is 9.58. The number of hydrogen-bond acceptors (Lipinski definition) is 5. The molecular weight excluding hydrogens is 570 g/mol. The van der Waals surface area contributed by atoms with Crippen molar-refractivity contribution in [2.45, 2.75) is 37.3 Å². The predicted octanol–water partition coefficient (Wildman–Crippen LogP) is 4.48. The molecule has 0 saturated carbocycles. The van der Waals surface area contributed by atoms with E-state index in [0.29, 0.717) is 49.9 Å². The number of carboxylic acid groups (broad SMARTS) is 1. The lowest BCUT2D eigenvalue weighted by Crippen LogP contribution is -2.53. The number of carbonyl (C=O) groups is 2. The van der Waals surface area contributed by atoms with Gasteiger partial charge in [0.1, 0.15) is 6.33 Å². The fourth-order valence-electron chi connectivity index (χ4n) is 7.01. The standard InChI is InChI=1S/C35H35N5O5/c41-32(28-12-16-38(34(43)44)21-30(28)25-7-2-1-3-8-25)37-18-14-35(45,15-19-37)22-39-23-36-31-29(33(39)42)13-17-40(31)27-11-10-24-6-4-5-9-26(24)20-27/h1-11,13,17,20,23,28,30,45H,12,14-16,18-19,21-22H2,(H,43,44)/t28-,30+/m1/s1. The average Bonchev–Trinajstić information content (AvgIpc) is 3.51. The molecule has 0 bridgehead atoms. The van der Waals surface area contributed by atoms with Crippen LogP contribution in [0.5, 0.6) is 0 Å². The van der Waals surface area contributed by atoms with E-state index in [9.17, 15) is 24.6 Å². The zero-order valence-electron chi connectivity index (χ0n) is 24.8. The first kappa shape index (κ1) is 28.8. The quantitative estimate of drug-likeness (QED) is 0.305. The van der Waals surface area contributed by atoms with Crippen LogP contribution in [0.3, 0.4) is 0 Å². The molecule has 2 N–H and O–H groups in total. The molecule has 0 spiro atoms. The zero-order chi connectivity index (χ0) is 31.1. The molecule has 3 aromatic carbocycles. The van der Waals surface area contributed by atoms with E-state index >= 15 is 0 Å². The first-order valence-corrected chi connectivity index (χ1v) is 15.4. The summed E-state index contributed by atoms with van der Waals surface area (Å²) < 4.78 is 3.37. The van der Waals surface area contributed by atoms with Crippen molar-refractivity contribution in [2.24, 2.45) is 5.92 Å². The van der Waals surface area contributed by atoms with Gasteiger partial charge < -0.3 is 24.6 Å². The van der Waals surface area contributed by atoms with Gasteiger partial charge in [-0.2, -0.15) is 0 Å². The van der Waals surface area contributed by atoms with Gasteiger partial charge in [0.25, 0.3) is 5.56 Å². The Balaban J connectivity index is 1.05. The third-order valence-electron chi connectivity index (χ3n) is 9.58. The lowest BCUT2D eigenvalue weighted by molar-refractivity contribution is -0.142. The predicted molar refractivity (Wildman–Crippen MR) is 170 cm³/mol. The highest BCUT2D eigenvalue weighted by molar-refractivity contribution is 5.86. The smallest absolute Gasteiger partial charge is 0.407 e. The van der Waals surface area contributed by atoms with Gasteiger partial charge in [-0.25, -0.2) is 9.78 Å². The first-order chi connectivity index (χ1) is 21.8. The minimum absolute atomic E-state index is 0.00812. The van der Waals surface area contributed by atoms with Gasteiger partial charge in [-0.3, -0.25) is 14.2 Å². The summed E-state index contributed by atoms with van der Waals surface area (Å²) in [5.74, 6) is -0.580. The maximum atomic E-state index is 13.8. The Morgan fingerprint density at radius 1 is 0.889 bits per heavy atom. The summed E-state index contributed by atoms with van der Waals surface area (Å²) in [6, 6.07) is 25.6. The Bertz CT molecular complexity index is 1940. The van der Waals surface area contributed by atoms with E-state index in [4.69, 9.17) is 0 Å². The van der Waals surface area contributed by atoms with Crippen LogP contribution in [0.4, 0.5) is 4.79 Å². The summed E-state index contributed by atoms with van der Waals surface area (Å²) in [6.07, 6.45) is 3.47. The monoisotopic (exact) mass is 605 g/mol. The Morgan fingerprint density at radius 3 is 2.38 bits per heavy atom. The van der Waals surface area contributed by atoms with E-state index in [0.717, 1.165) is 22.0 Å². The second kappa shape index (κ2) is 11.5. The molecule has 2 saturated heterocycles. The Hall–Kier alpha value is -4.96. The third kappa shape index (κ3) is 5.46. The number of amides is 2. The molecule has 10 nitrogen and oxygen atoms in total. The van der Waals surface area contributed by atoms with Gasteiger partial charge in [0.15, 0.2) is 5.65 Å². The van der Waals surface area contributed by atoms with Crippen LogP contribution in [0.1, 0.15) is 30.7 Å². The van der Waals surface area contributed by atoms with Gasteiger partial charge in [0.05, 0.1) is 17.5 Å². The molecule has 2 atom stereocenters. The minimum atomic E-state index is -1.16. The van der Waals surface area contributed by atoms with Crippen molar-refractivity contribution in [2.75, 3.05) is 26.2 Å². The largest absolute Gasteiger partial charge is 0.465 e. The molecule has 230 valence electrons. The fourth-order valence-corrected chi connectivity index (χ4v) is 7.01. The maximum absolute atomic E-state index is 13.8. The van der Waals surface area contributed by atoms with Gasteiger partial charge in [-0.15, -0.1) is 0 Å². The summed E-state index contributed by atoms with van der Waals surface area (Å²) in [4.78, 5) is 46.8. The van der Waals surface area contributed by atoms with Crippen LogP contribution in [-0.2, 0) is 11.3 Å². The zero-order valence-corrected chi connectivity index (χ0v) is 24.8. The van der Waals surface area contributed by atoms with Crippen molar-refractivity contribution < 1.29 is 19.8 Å². The second-order valence-electron chi connectivity index (χ2n) is 12.3. The van der Waals surface area contributed by atoms with Gasteiger partial charge >= 0.3 is 6.09 Å². The van der Waals surface area contributed by atoms with Gasteiger partial charge in [0, 0.05) is 49.9 Å². The molecule has 2 aromatic heterocycles. The summed E-state index contributed by atoms with van der Waals surface area (Å²) >= 11 is 0. The molecule has 5 aromatic rings. The summed E-state index contributed by atoms with van der Waals surface area (Å²) in [5.41, 5.74) is 1.03. The van der Waals surface area contributed by atoms with Crippen LogP contribution in [0, 0.1) is 5.92 Å². The fraction of sp³-hybridized carbons (Fsp3) is 0.314. The van der Waals surface area contributed by atoms with Crippen LogP contribution in [-0.4, -0.2) is 77.9 Å². The van der Waals surface area contributed by atoms with Crippen LogP contribution in [0.25, 0.3) is 27.5 Å². The summed E-state index contributed by atoms with van der Waals surface area (Å²) in [5, 5.41) is 23.8. The highest BCUT2D eigenvalue weighted by atomic mass is 16.4. The topological polar surface area (TPSA) is 121 Å². The number of benzene rings is 3.